The molecule has 0 aliphatic heterocycles. The molecule has 3 heteroatoms. The van der Waals surface area contributed by atoms with Crippen LogP contribution in [0.4, 0.5) is 4.39 Å². The van der Waals surface area contributed by atoms with Crippen molar-refractivity contribution in [2.24, 2.45) is 5.73 Å². The van der Waals surface area contributed by atoms with Crippen molar-refractivity contribution < 1.29 is 4.39 Å². The SMILES string of the molecule is Cc1cccc(F)c1-c1ccc(CN)s1. The highest BCUT2D eigenvalue weighted by molar-refractivity contribution is 7.15. The van der Waals surface area contributed by atoms with Gasteiger partial charge in [0.2, 0.25) is 0 Å². The summed E-state index contributed by atoms with van der Waals surface area (Å²) in [6, 6.07) is 9.01. The standard InChI is InChI=1S/C12H12FNS/c1-8-3-2-4-10(13)12(8)11-6-5-9(7-14)15-11/h2-6H,7,14H2,1H3. The van der Waals surface area contributed by atoms with E-state index in [-0.39, 0.29) is 5.82 Å². The molecule has 1 aromatic heterocycles. The third-order valence-electron chi connectivity index (χ3n) is 2.33. The predicted molar refractivity (Wildman–Crippen MR) is 62.3 cm³/mol. The van der Waals surface area contributed by atoms with Gasteiger partial charge in [-0.05, 0) is 30.7 Å². The van der Waals surface area contributed by atoms with Gasteiger partial charge in [0.15, 0.2) is 0 Å². The van der Waals surface area contributed by atoms with Crippen LogP contribution in [-0.4, -0.2) is 0 Å². The molecule has 1 nitrogen and oxygen atoms in total. The fourth-order valence-electron chi connectivity index (χ4n) is 1.57. The molecular formula is C12H12FNS. The van der Waals surface area contributed by atoms with Gasteiger partial charge in [-0.1, -0.05) is 12.1 Å². The van der Waals surface area contributed by atoms with Crippen molar-refractivity contribution >= 4 is 11.3 Å². The molecule has 0 bridgehead atoms. The summed E-state index contributed by atoms with van der Waals surface area (Å²) in [5, 5.41) is 0. The molecule has 0 atom stereocenters. The Labute approximate surface area is 92.4 Å². The van der Waals surface area contributed by atoms with Gasteiger partial charge in [-0.3, -0.25) is 0 Å². The van der Waals surface area contributed by atoms with Crippen molar-refractivity contribution in [1.29, 1.82) is 0 Å². The number of aryl methyl sites for hydroxylation is 1. The second kappa shape index (κ2) is 4.13. The zero-order valence-corrected chi connectivity index (χ0v) is 9.27. The predicted octanol–water partition coefficient (Wildman–Crippen LogP) is 3.32. The van der Waals surface area contributed by atoms with Crippen molar-refractivity contribution in [2.75, 3.05) is 0 Å². The number of nitrogens with two attached hydrogens (primary N) is 1. The zero-order valence-electron chi connectivity index (χ0n) is 8.46. The molecule has 0 unspecified atom stereocenters. The minimum Gasteiger partial charge on any atom is -0.326 e. The van der Waals surface area contributed by atoms with E-state index in [1.54, 1.807) is 17.4 Å². The van der Waals surface area contributed by atoms with Gasteiger partial charge in [-0.15, -0.1) is 11.3 Å². The summed E-state index contributed by atoms with van der Waals surface area (Å²) >= 11 is 1.55. The second-order valence-corrected chi connectivity index (χ2v) is 4.57. The Morgan fingerprint density at radius 2 is 2.07 bits per heavy atom. The van der Waals surface area contributed by atoms with Crippen LogP contribution in [-0.2, 0) is 6.54 Å². The first-order chi connectivity index (χ1) is 7.22. The summed E-state index contributed by atoms with van der Waals surface area (Å²) in [6.07, 6.45) is 0. The highest BCUT2D eigenvalue weighted by Crippen LogP contribution is 2.32. The minimum atomic E-state index is -0.166. The minimum absolute atomic E-state index is 0.166. The van der Waals surface area contributed by atoms with Crippen molar-refractivity contribution in [3.63, 3.8) is 0 Å². The van der Waals surface area contributed by atoms with Crippen LogP contribution in [0.25, 0.3) is 10.4 Å². The molecule has 1 aromatic carbocycles. The van der Waals surface area contributed by atoms with Crippen LogP contribution < -0.4 is 5.73 Å². The summed E-state index contributed by atoms with van der Waals surface area (Å²) in [7, 11) is 0. The van der Waals surface area contributed by atoms with Crippen molar-refractivity contribution in [2.45, 2.75) is 13.5 Å². The summed E-state index contributed by atoms with van der Waals surface area (Å²) in [5.74, 6) is -0.166. The van der Waals surface area contributed by atoms with E-state index in [2.05, 4.69) is 0 Å². The topological polar surface area (TPSA) is 26.0 Å². The van der Waals surface area contributed by atoms with Crippen LogP contribution in [0.3, 0.4) is 0 Å². The third kappa shape index (κ3) is 1.94. The third-order valence-corrected chi connectivity index (χ3v) is 3.46. The molecule has 78 valence electrons. The Morgan fingerprint density at radius 3 is 2.67 bits per heavy atom. The van der Waals surface area contributed by atoms with Gasteiger partial charge in [0.25, 0.3) is 0 Å². The summed E-state index contributed by atoms with van der Waals surface area (Å²) in [4.78, 5) is 2.03. The van der Waals surface area contributed by atoms with Gasteiger partial charge >= 0.3 is 0 Å². The lowest BCUT2D eigenvalue weighted by molar-refractivity contribution is 0.630. The molecule has 0 aliphatic rings. The van der Waals surface area contributed by atoms with Gasteiger partial charge in [-0.25, -0.2) is 4.39 Å². The van der Waals surface area contributed by atoms with E-state index in [0.717, 1.165) is 15.3 Å². The summed E-state index contributed by atoms with van der Waals surface area (Å²) in [6.45, 7) is 2.43. The lowest BCUT2D eigenvalue weighted by Gasteiger charge is -2.03. The summed E-state index contributed by atoms with van der Waals surface area (Å²) < 4.78 is 13.6. The van der Waals surface area contributed by atoms with Crippen LogP contribution in [0.2, 0.25) is 0 Å². The van der Waals surface area contributed by atoms with E-state index in [9.17, 15) is 4.39 Å². The smallest absolute Gasteiger partial charge is 0.132 e. The van der Waals surface area contributed by atoms with E-state index >= 15 is 0 Å². The Morgan fingerprint density at radius 1 is 1.27 bits per heavy atom. The molecule has 0 fully saturated rings. The Balaban J connectivity index is 2.53. The monoisotopic (exact) mass is 221 g/mol. The average molecular weight is 221 g/mol. The maximum Gasteiger partial charge on any atom is 0.132 e. The van der Waals surface area contributed by atoms with E-state index in [1.807, 2.05) is 25.1 Å². The first-order valence-corrected chi connectivity index (χ1v) is 5.58. The molecule has 0 aliphatic carbocycles. The van der Waals surface area contributed by atoms with Gasteiger partial charge < -0.3 is 5.73 Å². The van der Waals surface area contributed by atoms with Crippen molar-refractivity contribution in [3.05, 3.63) is 46.6 Å². The number of halogens is 1. The molecule has 0 saturated carbocycles. The lowest BCUT2D eigenvalue weighted by Crippen LogP contribution is -1.91. The van der Waals surface area contributed by atoms with Crippen LogP contribution >= 0.6 is 11.3 Å². The fourth-order valence-corrected chi connectivity index (χ4v) is 2.56. The highest BCUT2D eigenvalue weighted by atomic mass is 32.1. The van der Waals surface area contributed by atoms with Gasteiger partial charge in [0.1, 0.15) is 5.82 Å². The maximum absolute atomic E-state index is 13.6. The first-order valence-electron chi connectivity index (χ1n) is 4.76. The quantitative estimate of drug-likeness (QED) is 0.827. The molecule has 2 N–H and O–H groups in total. The van der Waals surface area contributed by atoms with Crippen LogP contribution in [0.5, 0.6) is 0 Å². The molecule has 0 radical (unpaired) electrons. The van der Waals surface area contributed by atoms with Crippen LogP contribution in [0, 0.1) is 12.7 Å². The van der Waals surface area contributed by atoms with E-state index in [1.165, 1.54) is 6.07 Å². The number of hydrogen-bond donors (Lipinski definition) is 1. The molecule has 0 spiro atoms. The van der Waals surface area contributed by atoms with Gasteiger partial charge in [0, 0.05) is 21.9 Å². The molecule has 2 rings (SSSR count). The average Bonchev–Trinajstić information content (AvgIpc) is 2.66. The maximum atomic E-state index is 13.6. The Bertz CT molecular complexity index is 456. The van der Waals surface area contributed by atoms with Crippen molar-refractivity contribution in [3.8, 4) is 10.4 Å². The Kier molecular flexibility index (Phi) is 2.84. The van der Waals surface area contributed by atoms with E-state index in [4.69, 9.17) is 5.73 Å². The second-order valence-electron chi connectivity index (χ2n) is 3.40. The van der Waals surface area contributed by atoms with Gasteiger partial charge in [-0.2, -0.15) is 0 Å². The normalized spacial score (nSPS) is 10.6. The number of benzene rings is 1. The van der Waals surface area contributed by atoms with Crippen LogP contribution in [0.15, 0.2) is 30.3 Å². The zero-order chi connectivity index (χ0) is 10.8. The van der Waals surface area contributed by atoms with E-state index < -0.39 is 0 Å². The molecular weight excluding hydrogens is 209 g/mol. The highest BCUT2D eigenvalue weighted by Gasteiger charge is 2.09. The molecule has 2 aromatic rings. The number of rotatable bonds is 2. The largest absolute Gasteiger partial charge is 0.326 e. The van der Waals surface area contributed by atoms with E-state index in [0.29, 0.717) is 12.1 Å². The number of thiophene rings is 1. The first kappa shape index (κ1) is 10.3. The number of hydrogen-bond acceptors (Lipinski definition) is 2. The molecule has 15 heavy (non-hydrogen) atoms. The molecule has 1 heterocycles. The molecule has 0 amide bonds. The van der Waals surface area contributed by atoms with Crippen LogP contribution in [0.1, 0.15) is 10.4 Å². The van der Waals surface area contributed by atoms with Crippen molar-refractivity contribution in [1.82, 2.24) is 0 Å². The van der Waals surface area contributed by atoms with Gasteiger partial charge in [0.05, 0.1) is 0 Å². The summed E-state index contributed by atoms with van der Waals surface area (Å²) in [5.41, 5.74) is 7.19. The fraction of sp³-hybridized carbons (Fsp3) is 0.167. The molecule has 0 saturated heterocycles. The lowest BCUT2D eigenvalue weighted by atomic mass is 10.1. The Hall–Kier alpha value is -1.19.